The van der Waals surface area contributed by atoms with E-state index in [1.54, 1.807) is 29.3 Å². The summed E-state index contributed by atoms with van der Waals surface area (Å²) >= 11 is 0. The summed E-state index contributed by atoms with van der Waals surface area (Å²) in [5.74, 6) is 0.0363. The van der Waals surface area contributed by atoms with Gasteiger partial charge < -0.3 is 24.6 Å². The number of anilines is 3. The Labute approximate surface area is 183 Å². The standard InChI is InChI=1S/C22H22N6O4/c1-2-23-22-24-10-16-18(26-22)27-8-4-7-15(27)11-28(20(16)29)14-6-3-5-13(9-14)19-25-17(12-32-19)21(30)31/h3,5-6,9-10,12,15H,2,4,7-8,11H2,1H3,(H,30,31)(H,23,24,26)/t15-/m0/s1. The molecule has 0 spiro atoms. The molecule has 0 bridgehead atoms. The summed E-state index contributed by atoms with van der Waals surface area (Å²) in [4.78, 5) is 41.6. The summed E-state index contributed by atoms with van der Waals surface area (Å²) < 4.78 is 5.34. The third-order valence-electron chi connectivity index (χ3n) is 5.75. The van der Waals surface area contributed by atoms with E-state index >= 15 is 0 Å². The molecule has 4 heterocycles. The molecule has 10 nitrogen and oxygen atoms in total. The summed E-state index contributed by atoms with van der Waals surface area (Å²) in [6, 6.07) is 7.35. The molecule has 0 unspecified atom stereocenters. The van der Waals surface area contributed by atoms with Gasteiger partial charge in [-0.25, -0.2) is 14.8 Å². The van der Waals surface area contributed by atoms with Crippen molar-refractivity contribution in [2.45, 2.75) is 25.8 Å². The number of carboxylic acid groups (broad SMARTS) is 1. The molecule has 0 radical (unpaired) electrons. The van der Waals surface area contributed by atoms with Crippen LogP contribution in [0.25, 0.3) is 11.5 Å². The number of carbonyl (C=O) groups is 2. The quantitative estimate of drug-likeness (QED) is 0.623. The first-order valence-corrected chi connectivity index (χ1v) is 10.5. The predicted octanol–water partition coefficient (Wildman–Crippen LogP) is 2.89. The van der Waals surface area contributed by atoms with Gasteiger partial charge in [-0.05, 0) is 38.0 Å². The third-order valence-corrected chi connectivity index (χ3v) is 5.75. The van der Waals surface area contributed by atoms with Gasteiger partial charge >= 0.3 is 5.97 Å². The highest BCUT2D eigenvalue weighted by Gasteiger charge is 2.37. The van der Waals surface area contributed by atoms with Gasteiger partial charge in [0.1, 0.15) is 17.6 Å². The van der Waals surface area contributed by atoms with E-state index in [0.29, 0.717) is 41.7 Å². The van der Waals surface area contributed by atoms with Gasteiger partial charge in [0, 0.05) is 43.1 Å². The van der Waals surface area contributed by atoms with Gasteiger partial charge in [-0.15, -0.1) is 0 Å². The summed E-state index contributed by atoms with van der Waals surface area (Å²) in [5, 5.41) is 12.2. The lowest BCUT2D eigenvalue weighted by atomic mass is 10.1. The van der Waals surface area contributed by atoms with Crippen LogP contribution in [0.4, 0.5) is 17.5 Å². The highest BCUT2D eigenvalue weighted by molar-refractivity contribution is 6.10. The molecule has 10 heteroatoms. The number of carboxylic acids is 1. The average molecular weight is 434 g/mol. The summed E-state index contributed by atoms with van der Waals surface area (Å²) in [6.45, 7) is 4.02. The Hall–Kier alpha value is -3.95. The maximum Gasteiger partial charge on any atom is 0.357 e. The molecule has 2 N–H and O–H groups in total. The maximum absolute atomic E-state index is 13.6. The smallest absolute Gasteiger partial charge is 0.357 e. The molecule has 0 saturated carbocycles. The molecule has 32 heavy (non-hydrogen) atoms. The first kappa shape index (κ1) is 20.0. The first-order valence-electron chi connectivity index (χ1n) is 10.5. The molecule has 1 aromatic carbocycles. The van der Waals surface area contributed by atoms with Crippen LogP contribution < -0.4 is 15.1 Å². The number of rotatable bonds is 5. The molecular weight excluding hydrogens is 412 g/mol. The predicted molar refractivity (Wildman–Crippen MR) is 117 cm³/mol. The summed E-state index contributed by atoms with van der Waals surface area (Å²) in [6.07, 6.45) is 4.69. The number of fused-ring (bicyclic) bond motifs is 3. The van der Waals surface area contributed by atoms with Crippen LogP contribution in [0.5, 0.6) is 0 Å². The topological polar surface area (TPSA) is 125 Å². The number of hydrogen-bond donors (Lipinski definition) is 2. The minimum Gasteiger partial charge on any atom is -0.476 e. The molecule has 164 valence electrons. The number of amides is 1. The Kier molecular flexibility index (Phi) is 4.96. The monoisotopic (exact) mass is 434 g/mol. The van der Waals surface area contributed by atoms with E-state index in [1.165, 1.54) is 0 Å². The van der Waals surface area contributed by atoms with E-state index in [1.807, 2.05) is 13.0 Å². The second-order valence-electron chi connectivity index (χ2n) is 7.76. The molecule has 5 rings (SSSR count). The zero-order chi connectivity index (χ0) is 22.2. The van der Waals surface area contributed by atoms with Gasteiger partial charge in [0.05, 0.1) is 0 Å². The van der Waals surface area contributed by atoms with E-state index in [4.69, 9.17) is 9.52 Å². The minimum absolute atomic E-state index is 0.147. The fourth-order valence-corrected chi connectivity index (χ4v) is 4.26. The third kappa shape index (κ3) is 3.43. The van der Waals surface area contributed by atoms with Crippen LogP contribution in [-0.4, -0.2) is 57.6 Å². The van der Waals surface area contributed by atoms with Crippen molar-refractivity contribution in [3.8, 4) is 11.5 Å². The number of nitrogens with zero attached hydrogens (tertiary/aromatic N) is 5. The molecule has 0 aliphatic carbocycles. The Morgan fingerprint density at radius 1 is 1.34 bits per heavy atom. The molecule has 3 aromatic rings. The number of hydrogen-bond acceptors (Lipinski definition) is 8. The normalized spacial score (nSPS) is 17.7. The highest BCUT2D eigenvalue weighted by atomic mass is 16.4. The van der Waals surface area contributed by atoms with Crippen molar-refractivity contribution in [2.24, 2.45) is 0 Å². The Balaban J connectivity index is 1.54. The van der Waals surface area contributed by atoms with Crippen LogP contribution in [0.1, 0.15) is 40.6 Å². The van der Waals surface area contributed by atoms with Crippen molar-refractivity contribution in [2.75, 3.05) is 34.8 Å². The van der Waals surface area contributed by atoms with E-state index in [2.05, 4.69) is 25.2 Å². The summed E-state index contributed by atoms with van der Waals surface area (Å²) in [5.41, 5.74) is 1.57. The van der Waals surface area contributed by atoms with Gasteiger partial charge in [-0.1, -0.05) is 6.07 Å². The molecule has 2 aromatic heterocycles. The molecule has 1 saturated heterocycles. The van der Waals surface area contributed by atoms with E-state index in [9.17, 15) is 9.59 Å². The van der Waals surface area contributed by atoms with Crippen LogP contribution in [0.3, 0.4) is 0 Å². The van der Waals surface area contributed by atoms with Gasteiger partial charge in [0.15, 0.2) is 5.69 Å². The van der Waals surface area contributed by atoms with Gasteiger partial charge in [-0.2, -0.15) is 4.98 Å². The minimum atomic E-state index is -1.16. The van der Waals surface area contributed by atoms with Crippen molar-refractivity contribution in [1.29, 1.82) is 0 Å². The molecule has 1 fully saturated rings. The lowest BCUT2D eigenvalue weighted by Gasteiger charge is -2.27. The largest absolute Gasteiger partial charge is 0.476 e. The van der Waals surface area contributed by atoms with Crippen LogP contribution in [0.15, 0.2) is 41.1 Å². The molecule has 2 aliphatic heterocycles. The van der Waals surface area contributed by atoms with Crippen molar-refractivity contribution in [1.82, 2.24) is 15.0 Å². The second kappa shape index (κ2) is 7.95. The van der Waals surface area contributed by atoms with Crippen molar-refractivity contribution in [3.05, 3.63) is 48.0 Å². The van der Waals surface area contributed by atoms with Crippen LogP contribution in [-0.2, 0) is 0 Å². The van der Waals surface area contributed by atoms with Gasteiger partial charge in [0.2, 0.25) is 11.8 Å². The molecule has 1 amide bonds. The maximum atomic E-state index is 13.6. The van der Waals surface area contributed by atoms with Crippen LogP contribution >= 0.6 is 0 Å². The van der Waals surface area contributed by atoms with Gasteiger partial charge in [0.25, 0.3) is 5.91 Å². The Morgan fingerprint density at radius 3 is 3.00 bits per heavy atom. The van der Waals surface area contributed by atoms with Crippen LogP contribution in [0.2, 0.25) is 0 Å². The highest BCUT2D eigenvalue weighted by Crippen LogP contribution is 2.35. The number of aromatic carboxylic acids is 1. The molecule has 1 atom stereocenters. The lowest BCUT2D eigenvalue weighted by Crippen LogP contribution is -2.39. The van der Waals surface area contributed by atoms with E-state index < -0.39 is 5.97 Å². The Morgan fingerprint density at radius 2 is 2.22 bits per heavy atom. The van der Waals surface area contributed by atoms with Crippen LogP contribution in [0, 0.1) is 0 Å². The van der Waals surface area contributed by atoms with E-state index in [-0.39, 0.29) is 23.5 Å². The zero-order valence-corrected chi connectivity index (χ0v) is 17.5. The zero-order valence-electron chi connectivity index (χ0n) is 17.5. The second-order valence-corrected chi connectivity index (χ2v) is 7.76. The Bertz CT molecular complexity index is 1190. The number of oxazole rings is 1. The number of aromatic nitrogens is 3. The fraction of sp³-hybridized carbons (Fsp3) is 0.318. The lowest BCUT2D eigenvalue weighted by molar-refractivity contribution is 0.0690. The SMILES string of the molecule is CCNc1ncc2c(n1)N1CCC[C@H]1CN(c1cccc(-c3nc(C(=O)O)co3)c1)C2=O. The van der Waals surface area contributed by atoms with Crippen molar-refractivity contribution >= 4 is 29.3 Å². The summed E-state index contributed by atoms with van der Waals surface area (Å²) in [7, 11) is 0. The molecule has 2 aliphatic rings. The first-order chi connectivity index (χ1) is 15.5. The van der Waals surface area contributed by atoms with E-state index in [0.717, 1.165) is 25.6 Å². The number of benzene rings is 1. The average Bonchev–Trinajstić information content (AvgIpc) is 3.45. The molecular formula is C22H22N6O4. The number of carbonyl (C=O) groups excluding carboxylic acids is 1. The van der Waals surface area contributed by atoms with Crippen molar-refractivity contribution in [3.63, 3.8) is 0 Å². The number of nitrogens with one attached hydrogen (secondary N) is 1. The fourth-order valence-electron chi connectivity index (χ4n) is 4.26. The van der Waals surface area contributed by atoms with Crippen molar-refractivity contribution < 1.29 is 19.1 Å². The van der Waals surface area contributed by atoms with Gasteiger partial charge in [-0.3, -0.25) is 4.79 Å².